The minimum Gasteiger partial charge on any atom is -0.462 e. The number of nitrogens with one attached hydrogen (secondary N) is 1. The maximum atomic E-state index is 16.4. The molecule has 43 heavy (non-hydrogen) atoms. The van der Waals surface area contributed by atoms with E-state index in [9.17, 15) is 14.6 Å². The molecule has 1 aromatic carbocycles. The van der Waals surface area contributed by atoms with Crippen LogP contribution in [0.25, 0.3) is 11.2 Å². The van der Waals surface area contributed by atoms with Crippen molar-refractivity contribution in [3.63, 3.8) is 0 Å². The molecule has 13 nitrogen and oxygen atoms in total. The fourth-order valence-electron chi connectivity index (χ4n) is 6.70. The lowest BCUT2D eigenvalue weighted by molar-refractivity contribution is -0.149. The lowest BCUT2D eigenvalue weighted by Crippen LogP contribution is -2.36. The molecule has 6 rings (SSSR count). The van der Waals surface area contributed by atoms with Gasteiger partial charge in [-0.2, -0.15) is 20.3 Å². The number of alkyl halides is 1. The summed E-state index contributed by atoms with van der Waals surface area (Å²) >= 11 is 6.01. The number of rotatable bonds is 11. The molecule has 3 N–H and O–H groups in total. The van der Waals surface area contributed by atoms with E-state index in [4.69, 9.17) is 35.9 Å². The molecule has 0 radical (unpaired) electrons. The summed E-state index contributed by atoms with van der Waals surface area (Å²) in [5.74, 6) is -3.77. The predicted octanol–water partition coefficient (Wildman–Crippen LogP) is 4.35. The molecular weight excluding hydrogens is 604 g/mol. The highest BCUT2D eigenvalue weighted by Crippen LogP contribution is 2.89. The van der Waals surface area contributed by atoms with Crippen LogP contribution in [0.4, 0.5) is 10.2 Å². The topological polar surface area (TPSA) is 176 Å². The maximum absolute atomic E-state index is 16.4. The Labute approximate surface area is 251 Å². The van der Waals surface area contributed by atoms with Crippen molar-refractivity contribution in [2.45, 2.75) is 63.8 Å². The summed E-state index contributed by atoms with van der Waals surface area (Å²) in [7, 11) is -4.20. The molecule has 8 atom stereocenters. The Hall–Kier alpha value is -3.34. The van der Waals surface area contributed by atoms with Gasteiger partial charge in [0, 0.05) is 17.8 Å². The number of fused-ring (bicyclic) bond motifs is 4. The third kappa shape index (κ3) is 4.57. The number of hydrogen-bond donors (Lipinski definition) is 2. The minimum absolute atomic E-state index is 0.0517. The number of hydrogen-bond acceptors (Lipinski definition) is 11. The highest BCUT2D eigenvalue weighted by Gasteiger charge is 2.97. The maximum Gasteiger partial charge on any atom is 0.459 e. The summed E-state index contributed by atoms with van der Waals surface area (Å²) in [4.78, 5) is 24.8. The summed E-state index contributed by atoms with van der Waals surface area (Å²) in [5.41, 5.74) is 4.36. The van der Waals surface area contributed by atoms with Crippen molar-refractivity contribution in [1.29, 1.82) is 5.26 Å². The number of halogens is 2. The predicted molar refractivity (Wildman–Crippen MR) is 151 cm³/mol. The summed E-state index contributed by atoms with van der Waals surface area (Å²) in [6, 6.07) is 8.59. The number of anilines is 1. The standard InChI is InChI=1S/C27H30ClFN7O6P/c1-14(2)40-23(37)15(3)35-43(38,41-16-8-6-5-7-9-16)39-12-17-25(4)26(17,10-11-30)19-20(27(19,29)42-25)36-13-32-18-21(31)33-24(28)34-22(18)36/h5-9,13-15,17,19-20H,10,12H2,1-4H3,(H,35,38)(H2,31,33,34)/t15-,17-,19?,20-,25?,26?,27?,43?/m0/s1. The smallest absolute Gasteiger partial charge is 0.459 e. The highest BCUT2D eigenvalue weighted by molar-refractivity contribution is 7.52. The van der Waals surface area contributed by atoms with E-state index < -0.39 is 54.5 Å². The molecule has 3 fully saturated rings. The normalized spacial score (nSPS) is 32.4. The van der Waals surface area contributed by atoms with Crippen molar-refractivity contribution in [3.05, 3.63) is 41.9 Å². The molecule has 228 valence electrons. The second-order valence-electron chi connectivity index (χ2n) is 11.5. The Bertz CT molecular complexity index is 1690. The SMILES string of the molecule is CC(C)OC(=O)[C@H](C)NP(=O)(OC[C@H]1C2(C)OC3(F)C([C@@H]3n3cnc4c(N)nc(Cl)nc43)C12CC#N)Oc1ccccc1. The third-order valence-corrected chi connectivity index (χ3v) is 10.4. The van der Waals surface area contributed by atoms with E-state index in [1.807, 2.05) is 0 Å². The largest absolute Gasteiger partial charge is 0.462 e. The fourth-order valence-corrected chi connectivity index (χ4v) is 8.37. The van der Waals surface area contributed by atoms with Crippen LogP contribution in [0.3, 0.4) is 0 Å². The van der Waals surface area contributed by atoms with Crippen molar-refractivity contribution in [3.8, 4) is 11.8 Å². The number of para-hydroxylation sites is 1. The van der Waals surface area contributed by atoms with Gasteiger partial charge in [0.05, 0.1) is 36.6 Å². The molecule has 2 aliphatic carbocycles. The molecule has 0 spiro atoms. The lowest BCUT2D eigenvalue weighted by atomic mass is 9.91. The van der Waals surface area contributed by atoms with Crippen LogP contribution in [-0.2, 0) is 23.4 Å². The zero-order valence-electron chi connectivity index (χ0n) is 23.7. The van der Waals surface area contributed by atoms with Gasteiger partial charge >= 0.3 is 13.7 Å². The fraction of sp³-hybridized carbons (Fsp3) is 0.519. The average Bonchev–Trinajstić information content (AvgIpc) is 3.51. The summed E-state index contributed by atoms with van der Waals surface area (Å²) in [6.45, 7) is 6.37. The summed E-state index contributed by atoms with van der Waals surface area (Å²) in [5, 5.41) is 12.4. The van der Waals surface area contributed by atoms with E-state index in [-0.39, 0.29) is 47.1 Å². The Balaban J connectivity index is 1.26. The molecule has 1 aliphatic heterocycles. The van der Waals surface area contributed by atoms with Crippen LogP contribution in [-0.4, -0.2) is 55.7 Å². The van der Waals surface area contributed by atoms with Crippen molar-refractivity contribution < 1.29 is 32.3 Å². The van der Waals surface area contributed by atoms with Crippen LogP contribution >= 0.6 is 19.3 Å². The molecule has 2 saturated carbocycles. The van der Waals surface area contributed by atoms with Gasteiger partial charge in [-0.05, 0) is 51.4 Å². The Morgan fingerprint density at radius 1 is 1.33 bits per heavy atom. The number of nitriles is 1. The van der Waals surface area contributed by atoms with Crippen LogP contribution in [0.2, 0.25) is 5.28 Å². The molecule has 5 unspecified atom stereocenters. The van der Waals surface area contributed by atoms with E-state index in [0.717, 1.165) is 0 Å². The number of nitrogen functional groups attached to an aromatic ring is 1. The minimum atomic E-state index is -4.20. The second-order valence-corrected chi connectivity index (χ2v) is 13.5. The molecule has 3 heterocycles. The first kappa shape index (κ1) is 29.7. The van der Waals surface area contributed by atoms with Gasteiger partial charge in [0.25, 0.3) is 0 Å². The first-order valence-electron chi connectivity index (χ1n) is 13.7. The number of benzene rings is 1. The second kappa shape index (κ2) is 10.1. The van der Waals surface area contributed by atoms with Crippen LogP contribution in [0.15, 0.2) is 36.7 Å². The molecule has 1 saturated heterocycles. The van der Waals surface area contributed by atoms with Crippen LogP contribution in [0.1, 0.15) is 40.2 Å². The van der Waals surface area contributed by atoms with E-state index in [2.05, 4.69) is 26.1 Å². The molecular formula is C27H30ClFN7O6P. The van der Waals surface area contributed by atoms with Gasteiger partial charge in [0.15, 0.2) is 11.5 Å². The van der Waals surface area contributed by atoms with E-state index in [1.54, 1.807) is 51.1 Å². The summed E-state index contributed by atoms with van der Waals surface area (Å²) < 4.78 is 54.8. The Morgan fingerprint density at radius 3 is 2.72 bits per heavy atom. The molecule has 0 bridgehead atoms. The third-order valence-electron chi connectivity index (χ3n) is 8.61. The first-order valence-corrected chi connectivity index (χ1v) is 15.6. The number of carbonyl (C=O) groups is 1. The van der Waals surface area contributed by atoms with E-state index in [1.165, 1.54) is 17.8 Å². The molecule has 0 amide bonds. The number of aromatic nitrogens is 4. The lowest BCUT2D eigenvalue weighted by Gasteiger charge is -2.24. The zero-order chi connectivity index (χ0) is 30.9. The van der Waals surface area contributed by atoms with Crippen LogP contribution in [0, 0.1) is 28.6 Å². The number of esters is 1. The molecule has 3 aromatic rings. The van der Waals surface area contributed by atoms with Gasteiger partial charge < -0.3 is 24.3 Å². The summed E-state index contributed by atoms with van der Waals surface area (Å²) in [6.07, 6.45) is 0.956. The van der Waals surface area contributed by atoms with E-state index in [0.29, 0.717) is 0 Å². The quantitative estimate of drug-likeness (QED) is 0.174. The molecule has 16 heteroatoms. The number of imidazole rings is 1. The van der Waals surface area contributed by atoms with Gasteiger partial charge in [-0.1, -0.05) is 18.2 Å². The van der Waals surface area contributed by atoms with Crippen LogP contribution < -0.4 is 15.3 Å². The number of ether oxygens (including phenoxy) is 2. The number of nitrogens with two attached hydrogens (primary N) is 1. The van der Waals surface area contributed by atoms with Crippen LogP contribution in [0.5, 0.6) is 5.75 Å². The van der Waals surface area contributed by atoms with Gasteiger partial charge in [-0.15, -0.1) is 0 Å². The number of carbonyl (C=O) groups excluding carboxylic acids is 1. The van der Waals surface area contributed by atoms with Crippen molar-refractivity contribution in [2.75, 3.05) is 12.3 Å². The monoisotopic (exact) mass is 633 g/mol. The molecule has 3 aliphatic rings. The van der Waals surface area contributed by atoms with Gasteiger partial charge in [0.2, 0.25) is 11.1 Å². The zero-order valence-corrected chi connectivity index (χ0v) is 25.4. The van der Waals surface area contributed by atoms with Gasteiger partial charge in [-0.25, -0.2) is 13.9 Å². The van der Waals surface area contributed by atoms with Crippen molar-refractivity contribution >= 4 is 42.3 Å². The number of nitrogens with zero attached hydrogens (tertiary/aromatic N) is 5. The van der Waals surface area contributed by atoms with Gasteiger partial charge in [-0.3, -0.25) is 9.32 Å². The molecule has 2 aromatic heterocycles. The average molecular weight is 634 g/mol. The Morgan fingerprint density at radius 2 is 2.05 bits per heavy atom. The van der Waals surface area contributed by atoms with Crippen molar-refractivity contribution in [2.24, 2.45) is 17.3 Å². The first-order chi connectivity index (χ1) is 20.3. The van der Waals surface area contributed by atoms with Gasteiger partial charge in [0.1, 0.15) is 23.3 Å². The van der Waals surface area contributed by atoms with Crippen molar-refractivity contribution in [1.82, 2.24) is 24.6 Å². The highest BCUT2D eigenvalue weighted by atomic mass is 35.5. The van der Waals surface area contributed by atoms with E-state index >= 15 is 4.39 Å². The Kier molecular flexibility index (Phi) is 6.98.